The Morgan fingerprint density at radius 2 is 1.97 bits per heavy atom. The van der Waals surface area contributed by atoms with Gasteiger partial charge in [-0.25, -0.2) is 14.4 Å². The Labute approximate surface area is 194 Å². The summed E-state index contributed by atoms with van der Waals surface area (Å²) in [6.07, 6.45) is 2.96. The second kappa shape index (κ2) is 7.41. The summed E-state index contributed by atoms with van der Waals surface area (Å²) < 4.78 is 26.6. The zero-order chi connectivity index (χ0) is 23.6. The van der Waals surface area contributed by atoms with Crippen molar-refractivity contribution in [2.75, 3.05) is 13.2 Å². The van der Waals surface area contributed by atoms with Crippen LogP contribution in [0, 0.1) is 5.82 Å². The Morgan fingerprint density at radius 1 is 1.18 bits per heavy atom. The summed E-state index contributed by atoms with van der Waals surface area (Å²) in [6.45, 7) is 4.18. The van der Waals surface area contributed by atoms with Gasteiger partial charge in [-0.15, -0.1) is 0 Å². The van der Waals surface area contributed by atoms with Crippen molar-refractivity contribution in [2.24, 2.45) is 0 Å². The van der Waals surface area contributed by atoms with E-state index in [1.165, 1.54) is 32.4 Å². The summed E-state index contributed by atoms with van der Waals surface area (Å²) in [5, 5.41) is 10.3. The van der Waals surface area contributed by atoms with Gasteiger partial charge in [0.05, 0.1) is 18.8 Å². The molecule has 2 saturated heterocycles. The monoisotopic (exact) mass is 460 g/mol. The molecule has 2 atom stereocenters. The third kappa shape index (κ3) is 3.19. The fourth-order valence-corrected chi connectivity index (χ4v) is 4.39. The van der Waals surface area contributed by atoms with E-state index in [2.05, 4.69) is 15.0 Å². The second-order valence-corrected chi connectivity index (χ2v) is 9.10. The summed E-state index contributed by atoms with van der Waals surface area (Å²) in [5.41, 5.74) is 1.08. The zero-order valence-electron chi connectivity index (χ0n) is 18.5. The van der Waals surface area contributed by atoms with Crippen LogP contribution >= 0.6 is 0 Å². The molecule has 0 bridgehead atoms. The molecule has 172 valence electrons. The van der Waals surface area contributed by atoms with Crippen molar-refractivity contribution in [1.82, 2.24) is 19.9 Å². The van der Waals surface area contributed by atoms with Crippen molar-refractivity contribution < 1.29 is 23.4 Å². The minimum absolute atomic E-state index is 0.00960. The number of carbonyl (C=O) groups is 1. The van der Waals surface area contributed by atoms with E-state index < -0.39 is 11.4 Å². The van der Waals surface area contributed by atoms with Gasteiger partial charge in [-0.2, -0.15) is 0 Å². The molecule has 2 unspecified atom stereocenters. The molecule has 6 rings (SSSR count). The van der Waals surface area contributed by atoms with Crippen molar-refractivity contribution in [3.8, 4) is 22.6 Å². The highest BCUT2D eigenvalue weighted by molar-refractivity contribution is 5.96. The van der Waals surface area contributed by atoms with Gasteiger partial charge in [0.1, 0.15) is 34.6 Å². The molecule has 3 aromatic heterocycles. The number of aliphatic hydroxyl groups is 1. The summed E-state index contributed by atoms with van der Waals surface area (Å²) >= 11 is 0. The predicted molar refractivity (Wildman–Crippen MR) is 120 cm³/mol. The highest BCUT2D eigenvalue weighted by atomic mass is 19.1. The number of fused-ring (bicyclic) bond motifs is 2. The number of furan rings is 1. The molecule has 0 aliphatic carbocycles. The fourth-order valence-electron chi connectivity index (χ4n) is 4.39. The average Bonchev–Trinajstić information content (AvgIpc) is 3.24. The van der Waals surface area contributed by atoms with Crippen LogP contribution in [0.5, 0.6) is 0 Å². The van der Waals surface area contributed by atoms with Crippen molar-refractivity contribution in [2.45, 2.75) is 31.6 Å². The van der Waals surface area contributed by atoms with E-state index in [0.717, 1.165) is 5.56 Å². The predicted octanol–water partition coefficient (Wildman–Crippen LogP) is 3.54. The summed E-state index contributed by atoms with van der Waals surface area (Å²) in [4.78, 5) is 27.0. The van der Waals surface area contributed by atoms with Crippen molar-refractivity contribution in [3.63, 3.8) is 0 Å². The SMILES string of the molecule is CC(C)(O)c1nccc(-c2ncnc3cc(-c4ccc(C(=O)N5CC6OCC65)cc4)oc23)c1F. The fraction of sp³-hybridized carbons (Fsp3) is 0.280. The Morgan fingerprint density at radius 3 is 2.62 bits per heavy atom. The van der Waals surface area contributed by atoms with Crippen LogP contribution in [0.1, 0.15) is 29.9 Å². The first-order valence-corrected chi connectivity index (χ1v) is 11.0. The van der Waals surface area contributed by atoms with E-state index in [4.69, 9.17) is 9.15 Å². The second-order valence-electron chi connectivity index (χ2n) is 9.10. The third-order valence-electron chi connectivity index (χ3n) is 6.40. The van der Waals surface area contributed by atoms with E-state index in [0.29, 0.717) is 35.6 Å². The molecule has 0 spiro atoms. The first-order valence-electron chi connectivity index (χ1n) is 11.0. The number of nitrogens with zero attached hydrogens (tertiary/aromatic N) is 4. The maximum Gasteiger partial charge on any atom is 0.254 e. The van der Waals surface area contributed by atoms with E-state index in [1.807, 2.05) is 17.0 Å². The topological polar surface area (TPSA) is 102 Å². The van der Waals surface area contributed by atoms with Gasteiger partial charge in [0.25, 0.3) is 5.91 Å². The van der Waals surface area contributed by atoms with Crippen molar-refractivity contribution >= 4 is 17.0 Å². The zero-order valence-corrected chi connectivity index (χ0v) is 18.5. The Bertz CT molecular complexity index is 1430. The number of pyridine rings is 1. The minimum atomic E-state index is -1.46. The lowest BCUT2D eigenvalue weighted by atomic mass is 9.93. The van der Waals surface area contributed by atoms with Crippen LogP contribution in [-0.4, -0.2) is 56.2 Å². The maximum atomic E-state index is 15.2. The molecule has 9 heteroatoms. The Balaban J connectivity index is 1.34. The smallest absolute Gasteiger partial charge is 0.254 e. The third-order valence-corrected chi connectivity index (χ3v) is 6.40. The van der Waals surface area contributed by atoms with Crippen molar-refractivity contribution in [3.05, 3.63) is 66.0 Å². The van der Waals surface area contributed by atoms with Crippen LogP contribution in [0.25, 0.3) is 33.7 Å². The molecule has 1 N–H and O–H groups in total. The molecule has 34 heavy (non-hydrogen) atoms. The lowest BCUT2D eigenvalue weighted by Gasteiger charge is -2.54. The number of hydrogen-bond acceptors (Lipinski definition) is 7. The van der Waals surface area contributed by atoms with Gasteiger partial charge in [-0.05, 0) is 32.0 Å². The molecular weight excluding hydrogens is 439 g/mol. The first-order chi connectivity index (χ1) is 16.3. The van der Waals surface area contributed by atoms with Crippen LogP contribution in [0.2, 0.25) is 0 Å². The number of amides is 1. The highest BCUT2D eigenvalue weighted by Crippen LogP contribution is 2.36. The molecule has 2 aliphatic rings. The Hall–Kier alpha value is -3.69. The molecular formula is C25H21FN4O4. The molecule has 4 aromatic rings. The lowest BCUT2D eigenvalue weighted by molar-refractivity contribution is -0.195. The number of hydrogen-bond donors (Lipinski definition) is 1. The summed E-state index contributed by atoms with van der Waals surface area (Å²) in [7, 11) is 0. The number of benzene rings is 1. The van der Waals surface area contributed by atoms with E-state index in [-0.39, 0.29) is 35.0 Å². The molecule has 2 aliphatic heterocycles. The number of rotatable bonds is 4. The van der Waals surface area contributed by atoms with Gasteiger partial charge in [0, 0.05) is 35.5 Å². The van der Waals surface area contributed by atoms with Gasteiger partial charge in [-0.3, -0.25) is 9.78 Å². The number of halogens is 1. The largest absolute Gasteiger partial charge is 0.452 e. The quantitative estimate of drug-likeness (QED) is 0.497. The van der Waals surface area contributed by atoms with E-state index >= 15 is 4.39 Å². The molecule has 8 nitrogen and oxygen atoms in total. The molecule has 1 aromatic carbocycles. The molecule has 5 heterocycles. The van der Waals surface area contributed by atoms with Gasteiger partial charge < -0.3 is 19.2 Å². The summed E-state index contributed by atoms with van der Waals surface area (Å²) in [6, 6.07) is 10.6. The number of morpholine rings is 1. The van der Waals surface area contributed by atoms with Crippen LogP contribution in [0.3, 0.4) is 0 Å². The standard InChI is InChI=1S/C25H21FN4O4/c1-25(2,32)23-20(26)15(7-8-27-23)21-22-16(28-12-29-21)9-18(34-22)13-3-5-14(6-4-13)24(31)30-10-19-17(30)11-33-19/h3-9,12,17,19,32H,10-11H2,1-2H3. The van der Waals surface area contributed by atoms with Gasteiger partial charge >= 0.3 is 0 Å². The van der Waals surface area contributed by atoms with Crippen LogP contribution < -0.4 is 0 Å². The van der Waals surface area contributed by atoms with Gasteiger partial charge in [0.2, 0.25) is 0 Å². The normalized spacial score (nSPS) is 19.5. The Kier molecular flexibility index (Phi) is 4.55. The first kappa shape index (κ1) is 20.9. The van der Waals surface area contributed by atoms with Crippen molar-refractivity contribution in [1.29, 1.82) is 0 Å². The maximum absolute atomic E-state index is 15.2. The lowest BCUT2D eigenvalue weighted by Crippen LogP contribution is -2.71. The summed E-state index contributed by atoms with van der Waals surface area (Å²) in [5.74, 6) is -0.158. The van der Waals surface area contributed by atoms with E-state index in [9.17, 15) is 9.90 Å². The minimum Gasteiger partial charge on any atom is -0.452 e. The van der Waals surface area contributed by atoms with E-state index in [1.54, 1.807) is 18.2 Å². The number of aromatic nitrogens is 3. The van der Waals surface area contributed by atoms with Crippen LogP contribution in [-0.2, 0) is 10.3 Å². The molecule has 2 fully saturated rings. The molecule has 0 saturated carbocycles. The molecule has 0 radical (unpaired) electrons. The van der Waals surface area contributed by atoms with Crippen LogP contribution in [0.4, 0.5) is 4.39 Å². The average molecular weight is 460 g/mol. The van der Waals surface area contributed by atoms with Gasteiger partial charge in [0.15, 0.2) is 11.4 Å². The number of likely N-dealkylation sites (tertiary alicyclic amines) is 1. The van der Waals surface area contributed by atoms with Gasteiger partial charge in [-0.1, -0.05) is 12.1 Å². The number of ether oxygens (including phenoxy) is 1. The highest BCUT2D eigenvalue weighted by Gasteiger charge is 2.49. The molecule has 1 amide bonds. The van der Waals surface area contributed by atoms with Crippen LogP contribution in [0.15, 0.2) is 53.3 Å². The number of carbonyl (C=O) groups excluding carboxylic acids is 1.